The highest BCUT2D eigenvalue weighted by Gasteiger charge is 2.40. The molecule has 2 aromatic carbocycles. The predicted octanol–water partition coefficient (Wildman–Crippen LogP) is 3.86. The molecule has 1 aromatic heterocycles. The van der Waals surface area contributed by atoms with E-state index in [0.29, 0.717) is 12.2 Å². The Bertz CT molecular complexity index is 1050. The molecule has 1 amide bonds. The molecule has 2 heterocycles. The molecule has 4 rings (SSSR count). The summed E-state index contributed by atoms with van der Waals surface area (Å²) in [6.45, 7) is 9.36. The first kappa shape index (κ1) is 20.5. The minimum absolute atomic E-state index is 0.0209. The number of amides is 1. The largest absolute Gasteiger partial charge is 0.337 e. The van der Waals surface area contributed by atoms with Crippen molar-refractivity contribution in [1.82, 2.24) is 25.2 Å². The van der Waals surface area contributed by atoms with Crippen molar-refractivity contribution in [2.75, 3.05) is 7.05 Å². The third kappa shape index (κ3) is 4.24. The molecule has 158 valence electrons. The van der Waals surface area contributed by atoms with Gasteiger partial charge in [-0.1, -0.05) is 47.7 Å². The van der Waals surface area contributed by atoms with Gasteiger partial charge in [-0.2, -0.15) is 0 Å². The minimum atomic E-state index is -0.0716. The van der Waals surface area contributed by atoms with Crippen LogP contribution in [0.4, 0.5) is 0 Å². The molecule has 0 bridgehead atoms. The molecule has 1 aliphatic heterocycles. The van der Waals surface area contributed by atoms with E-state index < -0.39 is 0 Å². The number of nitrogens with zero attached hydrogens (tertiary/aromatic N) is 4. The molecule has 1 aliphatic rings. The maximum atomic E-state index is 13.1. The molecule has 1 fully saturated rings. The van der Waals surface area contributed by atoms with E-state index in [1.165, 1.54) is 10.8 Å². The molecule has 3 aromatic rings. The summed E-state index contributed by atoms with van der Waals surface area (Å²) < 4.78 is 1.75. The van der Waals surface area contributed by atoms with Crippen LogP contribution in [0, 0.1) is 0 Å². The van der Waals surface area contributed by atoms with E-state index >= 15 is 0 Å². The van der Waals surface area contributed by atoms with E-state index in [-0.39, 0.29) is 23.0 Å². The molecule has 30 heavy (non-hydrogen) atoms. The highest BCUT2D eigenvalue weighted by atomic mass is 16.2. The molecule has 0 atom stereocenters. The lowest BCUT2D eigenvalue weighted by molar-refractivity contribution is 0.0523. The second kappa shape index (κ2) is 7.51. The van der Waals surface area contributed by atoms with Crippen molar-refractivity contribution in [3.8, 4) is 0 Å². The lowest BCUT2D eigenvalue weighted by atomic mass is 9.79. The number of carbonyl (C=O) groups is 1. The average Bonchev–Trinajstić information content (AvgIpc) is 3.13. The zero-order chi connectivity index (χ0) is 21.5. The Morgan fingerprint density at radius 3 is 2.50 bits per heavy atom. The van der Waals surface area contributed by atoms with Gasteiger partial charge in [0.05, 0.1) is 12.7 Å². The van der Waals surface area contributed by atoms with E-state index in [2.05, 4.69) is 73.7 Å². The number of hydrogen-bond donors (Lipinski definition) is 1. The summed E-state index contributed by atoms with van der Waals surface area (Å²) in [7, 11) is 1.88. The summed E-state index contributed by atoms with van der Waals surface area (Å²) in [6.07, 6.45) is 3.57. The van der Waals surface area contributed by atoms with E-state index in [1.807, 2.05) is 24.1 Å². The Hall–Kier alpha value is -2.73. The number of piperidine rings is 1. The van der Waals surface area contributed by atoms with Crippen LogP contribution in [0.2, 0.25) is 0 Å². The van der Waals surface area contributed by atoms with Crippen LogP contribution >= 0.6 is 0 Å². The summed E-state index contributed by atoms with van der Waals surface area (Å²) >= 11 is 0. The molecule has 0 unspecified atom stereocenters. The number of aromatic nitrogens is 3. The summed E-state index contributed by atoms with van der Waals surface area (Å²) in [6, 6.07) is 14.7. The van der Waals surface area contributed by atoms with Gasteiger partial charge in [-0.3, -0.25) is 4.79 Å². The monoisotopic (exact) mass is 405 g/mol. The number of nitrogens with one attached hydrogen (secondary N) is 1. The van der Waals surface area contributed by atoms with E-state index in [1.54, 1.807) is 10.9 Å². The van der Waals surface area contributed by atoms with Gasteiger partial charge in [0.2, 0.25) is 0 Å². The quantitative estimate of drug-likeness (QED) is 0.716. The van der Waals surface area contributed by atoms with Crippen molar-refractivity contribution in [2.24, 2.45) is 0 Å². The average molecular weight is 406 g/mol. The first-order valence-corrected chi connectivity index (χ1v) is 10.6. The standard InChI is InChI=1S/C24H31N5O/c1-23(2)13-19(14-24(3,4)26-23)28(5)22(30)21-16-29(27-25-21)15-18-11-8-10-17-9-6-7-12-20(17)18/h6-12,16,19,26H,13-15H2,1-5H3. The topological polar surface area (TPSA) is 63.1 Å². The van der Waals surface area contributed by atoms with Crippen molar-refractivity contribution < 1.29 is 4.79 Å². The van der Waals surface area contributed by atoms with Gasteiger partial charge in [0.25, 0.3) is 5.91 Å². The van der Waals surface area contributed by atoms with E-state index in [0.717, 1.165) is 18.4 Å². The van der Waals surface area contributed by atoms with Crippen molar-refractivity contribution >= 4 is 16.7 Å². The van der Waals surface area contributed by atoms with Crippen LogP contribution in [0.25, 0.3) is 10.8 Å². The summed E-state index contributed by atoms with van der Waals surface area (Å²) in [5.41, 5.74) is 1.51. The summed E-state index contributed by atoms with van der Waals surface area (Å²) in [5.74, 6) is -0.0716. The summed E-state index contributed by atoms with van der Waals surface area (Å²) in [4.78, 5) is 15.0. The first-order chi connectivity index (χ1) is 14.1. The Kier molecular flexibility index (Phi) is 5.14. The third-order valence-corrected chi connectivity index (χ3v) is 6.01. The van der Waals surface area contributed by atoms with Crippen LogP contribution in [0.15, 0.2) is 48.7 Å². The lowest BCUT2D eigenvalue weighted by Gasteiger charge is -2.48. The Morgan fingerprint density at radius 2 is 1.77 bits per heavy atom. The second-order valence-corrected chi connectivity index (χ2v) is 9.81. The molecular weight excluding hydrogens is 374 g/mol. The SMILES string of the molecule is CN(C(=O)c1cn(Cc2cccc3ccccc23)nn1)C1CC(C)(C)NC(C)(C)C1. The Balaban J connectivity index is 1.51. The van der Waals surface area contributed by atoms with Crippen LogP contribution in [0.3, 0.4) is 0 Å². The Morgan fingerprint density at radius 1 is 1.10 bits per heavy atom. The normalized spacial score (nSPS) is 18.4. The molecule has 1 N–H and O–H groups in total. The number of fused-ring (bicyclic) bond motifs is 1. The first-order valence-electron chi connectivity index (χ1n) is 10.6. The fraction of sp³-hybridized carbons (Fsp3) is 0.458. The van der Waals surface area contributed by atoms with Gasteiger partial charge in [-0.25, -0.2) is 4.68 Å². The van der Waals surface area contributed by atoms with Crippen LogP contribution in [0.5, 0.6) is 0 Å². The van der Waals surface area contributed by atoms with Crippen LogP contribution in [-0.4, -0.2) is 50.0 Å². The van der Waals surface area contributed by atoms with Gasteiger partial charge < -0.3 is 10.2 Å². The highest BCUT2D eigenvalue weighted by molar-refractivity contribution is 5.92. The zero-order valence-corrected chi connectivity index (χ0v) is 18.5. The second-order valence-electron chi connectivity index (χ2n) is 9.81. The van der Waals surface area contributed by atoms with Crippen LogP contribution in [-0.2, 0) is 6.54 Å². The zero-order valence-electron chi connectivity index (χ0n) is 18.5. The number of hydrogen-bond acceptors (Lipinski definition) is 4. The van der Waals surface area contributed by atoms with E-state index in [4.69, 9.17) is 0 Å². The van der Waals surface area contributed by atoms with Crippen LogP contribution in [0.1, 0.15) is 56.6 Å². The van der Waals surface area contributed by atoms with Crippen LogP contribution < -0.4 is 5.32 Å². The van der Waals surface area contributed by atoms with Crippen molar-refractivity contribution in [2.45, 2.75) is 64.2 Å². The van der Waals surface area contributed by atoms with Crippen molar-refractivity contribution in [1.29, 1.82) is 0 Å². The number of rotatable bonds is 4. The Labute approximate surface area is 178 Å². The molecule has 0 spiro atoms. The smallest absolute Gasteiger partial charge is 0.276 e. The van der Waals surface area contributed by atoms with Crippen molar-refractivity contribution in [3.05, 3.63) is 59.9 Å². The number of carbonyl (C=O) groups excluding carboxylic acids is 1. The van der Waals surface area contributed by atoms with Gasteiger partial charge in [0, 0.05) is 24.2 Å². The molecule has 0 saturated carbocycles. The van der Waals surface area contributed by atoms with Gasteiger partial charge >= 0.3 is 0 Å². The number of benzene rings is 2. The van der Waals surface area contributed by atoms with E-state index in [9.17, 15) is 4.79 Å². The maximum absolute atomic E-state index is 13.1. The molecule has 1 saturated heterocycles. The fourth-order valence-corrected chi connectivity index (χ4v) is 4.97. The molecule has 6 heteroatoms. The molecular formula is C24H31N5O. The lowest BCUT2D eigenvalue weighted by Crippen LogP contribution is -2.62. The predicted molar refractivity (Wildman–Crippen MR) is 119 cm³/mol. The van der Waals surface area contributed by atoms with Gasteiger partial charge in [0.1, 0.15) is 0 Å². The molecule has 6 nitrogen and oxygen atoms in total. The third-order valence-electron chi connectivity index (χ3n) is 6.01. The fourth-order valence-electron chi connectivity index (χ4n) is 4.97. The van der Waals surface area contributed by atoms with Gasteiger partial charge in [0.15, 0.2) is 5.69 Å². The minimum Gasteiger partial charge on any atom is -0.337 e. The van der Waals surface area contributed by atoms with Gasteiger partial charge in [-0.15, -0.1) is 5.10 Å². The molecule has 0 radical (unpaired) electrons. The molecule has 0 aliphatic carbocycles. The summed E-state index contributed by atoms with van der Waals surface area (Å²) in [5, 5.41) is 14.5. The van der Waals surface area contributed by atoms with Gasteiger partial charge in [-0.05, 0) is 56.9 Å². The maximum Gasteiger partial charge on any atom is 0.276 e. The highest BCUT2D eigenvalue weighted by Crippen LogP contribution is 2.31. The van der Waals surface area contributed by atoms with Crippen molar-refractivity contribution in [3.63, 3.8) is 0 Å².